The molecule has 1 N–H and O–H groups in total. The Balaban J connectivity index is 1.69. The molecule has 0 unspecified atom stereocenters. The van der Waals surface area contributed by atoms with Crippen LogP contribution in [0, 0.1) is 13.8 Å². The van der Waals surface area contributed by atoms with Crippen molar-refractivity contribution in [2.24, 2.45) is 0 Å². The Labute approximate surface area is 207 Å². The predicted octanol–water partition coefficient (Wildman–Crippen LogP) is 6.62. The first-order valence-corrected chi connectivity index (χ1v) is 11.6. The number of ether oxygens (including phenoxy) is 2. The third-order valence-electron chi connectivity index (χ3n) is 5.86. The van der Waals surface area contributed by atoms with E-state index in [2.05, 4.69) is 38.2 Å². The van der Waals surface area contributed by atoms with Gasteiger partial charge in [0.15, 0.2) is 0 Å². The summed E-state index contributed by atoms with van der Waals surface area (Å²) < 4.78 is 10.8. The summed E-state index contributed by atoms with van der Waals surface area (Å²) in [5, 5.41) is 2.78. The van der Waals surface area contributed by atoms with Crippen molar-refractivity contribution in [1.82, 2.24) is 0 Å². The van der Waals surface area contributed by atoms with E-state index in [-0.39, 0.29) is 17.9 Å². The zero-order chi connectivity index (χ0) is 25.6. The molecule has 0 atom stereocenters. The van der Waals surface area contributed by atoms with Gasteiger partial charge in [-0.3, -0.25) is 4.79 Å². The van der Waals surface area contributed by atoms with Crippen molar-refractivity contribution in [2.75, 3.05) is 12.4 Å². The molecule has 0 radical (unpaired) electrons. The van der Waals surface area contributed by atoms with E-state index in [1.807, 2.05) is 38.1 Å². The van der Waals surface area contributed by atoms with Crippen molar-refractivity contribution in [2.45, 2.75) is 46.6 Å². The number of carbonyl (C=O) groups is 2. The third kappa shape index (κ3) is 6.82. The van der Waals surface area contributed by atoms with Gasteiger partial charge >= 0.3 is 5.97 Å². The number of rotatable bonds is 7. The molecule has 1 amide bonds. The number of hydrogen-bond acceptors (Lipinski definition) is 4. The molecule has 182 valence electrons. The molecule has 0 heterocycles. The number of methoxy groups -OCH3 is 1. The van der Waals surface area contributed by atoms with Gasteiger partial charge in [-0.15, -0.1) is 0 Å². The standard InChI is InChI=1S/C30H33NO4/c1-20-17-23(30(3,4)5)18-21(2)26(20)19-35-29(33)25-9-7-8-10-27(25)31-28(32)16-13-22-11-14-24(34-6)15-12-22/h7-18H,19H2,1-6H3,(H,31,32). The van der Waals surface area contributed by atoms with Gasteiger partial charge in [-0.1, -0.05) is 57.2 Å². The Bertz CT molecular complexity index is 1210. The second-order valence-corrected chi connectivity index (χ2v) is 9.56. The molecule has 5 heteroatoms. The molecule has 0 aliphatic heterocycles. The van der Waals surface area contributed by atoms with Gasteiger partial charge in [-0.05, 0) is 77.4 Å². The van der Waals surface area contributed by atoms with E-state index in [1.165, 1.54) is 11.6 Å². The Morgan fingerprint density at radius 1 is 0.943 bits per heavy atom. The molecule has 5 nitrogen and oxygen atoms in total. The quantitative estimate of drug-likeness (QED) is 0.311. The highest BCUT2D eigenvalue weighted by molar-refractivity contribution is 6.06. The minimum Gasteiger partial charge on any atom is -0.497 e. The molecule has 0 aliphatic carbocycles. The lowest BCUT2D eigenvalue weighted by Gasteiger charge is -2.22. The first kappa shape index (κ1) is 25.8. The topological polar surface area (TPSA) is 64.6 Å². The lowest BCUT2D eigenvalue weighted by Crippen LogP contribution is -2.15. The Morgan fingerprint density at radius 2 is 1.57 bits per heavy atom. The smallest absolute Gasteiger partial charge is 0.340 e. The summed E-state index contributed by atoms with van der Waals surface area (Å²) in [4.78, 5) is 25.4. The van der Waals surface area contributed by atoms with Gasteiger partial charge < -0.3 is 14.8 Å². The van der Waals surface area contributed by atoms with Crippen LogP contribution >= 0.6 is 0 Å². The maximum absolute atomic E-state index is 12.9. The van der Waals surface area contributed by atoms with Crippen LogP contribution in [0.2, 0.25) is 0 Å². The van der Waals surface area contributed by atoms with Gasteiger partial charge in [0.05, 0.1) is 18.4 Å². The number of para-hydroxylation sites is 1. The normalized spacial score (nSPS) is 11.4. The second-order valence-electron chi connectivity index (χ2n) is 9.56. The van der Waals surface area contributed by atoms with Crippen LogP contribution in [-0.2, 0) is 21.6 Å². The second kappa shape index (κ2) is 11.0. The lowest BCUT2D eigenvalue weighted by molar-refractivity contribution is -0.111. The van der Waals surface area contributed by atoms with E-state index in [0.717, 1.165) is 28.0 Å². The average Bonchev–Trinajstić information content (AvgIpc) is 2.82. The summed E-state index contributed by atoms with van der Waals surface area (Å²) in [6.45, 7) is 10.8. The van der Waals surface area contributed by atoms with Crippen molar-refractivity contribution < 1.29 is 19.1 Å². The summed E-state index contributed by atoms with van der Waals surface area (Å²) in [7, 11) is 1.60. The predicted molar refractivity (Wildman–Crippen MR) is 141 cm³/mol. The fraction of sp³-hybridized carbons (Fsp3) is 0.267. The van der Waals surface area contributed by atoms with E-state index in [0.29, 0.717) is 11.3 Å². The van der Waals surface area contributed by atoms with Crippen LogP contribution < -0.4 is 10.1 Å². The molecule has 0 bridgehead atoms. The fourth-order valence-electron chi connectivity index (χ4n) is 3.70. The van der Waals surface area contributed by atoms with Gasteiger partial charge in [-0.25, -0.2) is 4.79 Å². The van der Waals surface area contributed by atoms with Crippen LogP contribution in [-0.4, -0.2) is 19.0 Å². The number of benzene rings is 3. The highest BCUT2D eigenvalue weighted by atomic mass is 16.5. The van der Waals surface area contributed by atoms with Crippen LogP contribution in [0.5, 0.6) is 5.75 Å². The first-order chi connectivity index (χ1) is 16.6. The summed E-state index contributed by atoms with van der Waals surface area (Å²) in [5.41, 5.74) is 6.04. The van der Waals surface area contributed by atoms with Gasteiger partial charge in [0.25, 0.3) is 0 Å². The summed E-state index contributed by atoms with van der Waals surface area (Å²) in [5.74, 6) is -0.0844. The van der Waals surface area contributed by atoms with Gasteiger partial charge in [-0.2, -0.15) is 0 Å². The van der Waals surface area contributed by atoms with Crippen LogP contribution in [0.25, 0.3) is 6.08 Å². The molecule has 35 heavy (non-hydrogen) atoms. The maximum atomic E-state index is 12.9. The minimum atomic E-state index is -0.487. The zero-order valence-electron chi connectivity index (χ0n) is 21.3. The Hall–Kier alpha value is -3.86. The number of amides is 1. The van der Waals surface area contributed by atoms with E-state index >= 15 is 0 Å². The summed E-state index contributed by atoms with van der Waals surface area (Å²) in [6.07, 6.45) is 3.12. The van der Waals surface area contributed by atoms with Crippen molar-refractivity contribution in [3.05, 3.63) is 100 Å². The van der Waals surface area contributed by atoms with Crippen molar-refractivity contribution in [1.29, 1.82) is 0 Å². The van der Waals surface area contributed by atoms with Gasteiger partial charge in [0, 0.05) is 6.08 Å². The number of anilines is 1. The molecular formula is C30H33NO4. The molecule has 0 aliphatic rings. The first-order valence-electron chi connectivity index (χ1n) is 11.6. The molecule has 0 fully saturated rings. The maximum Gasteiger partial charge on any atom is 0.340 e. The highest BCUT2D eigenvalue weighted by Crippen LogP contribution is 2.27. The molecular weight excluding hydrogens is 438 g/mol. The van der Waals surface area contributed by atoms with E-state index < -0.39 is 5.97 Å². The lowest BCUT2D eigenvalue weighted by atomic mass is 9.84. The SMILES string of the molecule is COc1ccc(C=CC(=O)Nc2ccccc2C(=O)OCc2c(C)cc(C(C)(C)C)cc2C)cc1. The molecule has 3 aromatic carbocycles. The molecule has 3 rings (SSSR count). The largest absolute Gasteiger partial charge is 0.497 e. The minimum absolute atomic E-state index is 0.0453. The number of hydrogen-bond donors (Lipinski definition) is 1. The number of nitrogens with one attached hydrogen (secondary N) is 1. The van der Waals surface area contributed by atoms with Gasteiger partial charge in [0.1, 0.15) is 12.4 Å². The van der Waals surface area contributed by atoms with Crippen LogP contribution in [0.3, 0.4) is 0 Å². The third-order valence-corrected chi connectivity index (χ3v) is 5.86. The Kier molecular flexibility index (Phi) is 8.13. The molecule has 0 spiro atoms. The van der Waals surface area contributed by atoms with Gasteiger partial charge in [0.2, 0.25) is 5.91 Å². The number of esters is 1. The Morgan fingerprint density at radius 3 is 2.17 bits per heavy atom. The van der Waals surface area contributed by atoms with E-state index in [9.17, 15) is 9.59 Å². The van der Waals surface area contributed by atoms with Crippen molar-refractivity contribution >= 4 is 23.6 Å². The van der Waals surface area contributed by atoms with Crippen LogP contribution in [0.15, 0.2) is 66.7 Å². The van der Waals surface area contributed by atoms with Crippen molar-refractivity contribution in [3.63, 3.8) is 0 Å². The summed E-state index contributed by atoms with van der Waals surface area (Å²) >= 11 is 0. The van der Waals surface area contributed by atoms with Crippen molar-refractivity contribution in [3.8, 4) is 5.75 Å². The zero-order valence-corrected chi connectivity index (χ0v) is 21.3. The fourth-order valence-corrected chi connectivity index (χ4v) is 3.70. The molecule has 0 aromatic heterocycles. The highest BCUT2D eigenvalue weighted by Gasteiger charge is 2.18. The molecule has 0 saturated heterocycles. The summed E-state index contributed by atoms with van der Waals surface area (Å²) in [6, 6.07) is 18.5. The average molecular weight is 472 g/mol. The molecule has 0 saturated carbocycles. The van der Waals surface area contributed by atoms with E-state index in [4.69, 9.17) is 9.47 Å². The number of aryl methyl sites for hydroxylation is 2. The monoisotopic (exact) mass is 471 g/mol. The van der Waals surface area contributed by atoms with E-state index in [1.54, 1.807) is 37.5 Å². The van der Waals surface area contributed by atoms with Crippen LogP contribution in [0.4, 0.5) is 5.69 Å². The molecule has 3 aromatic rings. The number of carbonyl (C=O) groups excluding carboxylic acids is 2. The van der Waals surface area contributed by atoms with Crippen LogP contribution in [0.1, 0.15) is 58.9 Å².